The van der Waals surface area contributed by atoms with Crippen LogP contribution >= 0.6 is 0 Å². The lowest BCUT2D eigenvalue weighted by molar-refractivity contribution is 0.260. The Morgan fingerprint density at radius 3 is 2.41 bits per heavy atom. The molecule has 1 rings (SSSR count). The van der Waals surface area contributed by atoms with Gasteiger partial charge in [0.05, 0.1) is 0 Å². The van der Waals surface area contributed by atoms with E-state index in [0.29, 0.717) is 6.42 Å². The highest BCUT2D eigenvalue weighted by atomic mass is 19.1. The highest BCUT2D eigenvalue weighted by Gasteiger charge is 2.20. The van der Waals surface area contributed by atoms with E-state index in [-0.39, 0.29) is 18.2 Å². The summed E-state index contributed by atoms with van der Waals surface area (Å²) in [5.41, 5.74) is -0.522. The predicted octanol–water partition coefficient (Wildman–Crippen LogP) is 1.97. The van der Waals surface area contributed by atoms with Crippen molar-refractivity contribution in [3.8, 4) is 0 Å². The van der Waals surface area contributed by atoms with Gasteiger partial charge in [-0.1, -0.05) is 0 Å². The van der Waals surface area contributed by atoms with Crippen molar-refractivity contribution in [1.29, 1.82) is 0 Å². The SMILES string of the molecule is CNc1nc(NC(C)(C)CCO)c(F)cc1F. The van der Waals surface area contributed by atoms with Gasteiger partial charge in [0.25, 0.3) is 0 Å². The third-order valence-corrected chi connectivity index (χ3v) is 2.36. The summed E-state index contributed by atoms with van der Waals surface area (Å²) in [4.78, 5) is 3.80. The topological polar surface area (TPSA) is 57.2 Å². The summed E-state index contributed by atoms with van der Waals surface area (Å²) in [7, 11) is 1.51. The molecule has 0 radical (unpaired) electrons. The van der Waals surface area contributed by atoms with Crippen LogP contribution in [0.3, 0.4) is 0 Å². The Morgan fingerprint density at radius 2 is 1.88 bits per heavy atom. The Bertz CT molecular complexity index is 397. The number of nitrogens with zero attached hydrogens (tertiary/aromatic N) is 1. The molecule has 0 spiro atoms. The summed E-state index contributed by atoms with van der Waals surface area (Å²) in [5.74, 6) is -1.55. The molecule has 0 fully saturated rings. The quantitative estimate of drug-likeness (QED) is 0.742. The molecule has 1 heterocycles. The molecule has 96 valence electrons. The van der Waals surface area contributed by atoms with Crippen LogP contribution in [0.15, 0.2) is 6.07 Å². The number of nitrogens with one attached hydrogen (secondary N) is 2. The van der Waals surface area contributed by atoms with E-state index in [1.54, 1.807) is 13.8 Å². The number of hydrogen-bond acceptors (Lipinski definition) is 4. The fourth-order valence-electron chi connectivity index (χ4n) is 1.39. The Morgan fingerprint density at radius 1 is 1.29 bits per heavy atom. The Balaban J connectivity index is 2.98. The van der Waals surface area contributed by atoms with Crippen molar-refractivity contribution in [1.82, 2.24) is 4.98 Å². The van der Waals surface area contributed by atoms with Gasteiger partial charge in [0, 0.05) is 25.3 Å². The minimum Gasteiger partial charge on any atom is -0.396 e. The Labute approximate surface area is 99.1 Å². The average molecular weight is 245 g/mol. The van der Waals surface area contributed by atoms with Crippen molar-refractivity contribution >= 4 is 11.6 Å². The van der Waals surface area contributed by atoms with Gasteiger partial charge in [0.15, 0.2) is 23.3 Å². The lowest BCUT2D eigenvalue weighted by Gasteiger charge is -2.26. The molecular formula is C11H17F2N3O. The van der Waals surface area contributed by atoms with Gasteiger partial charge in [-0.05, 0) is 20.3 Å². The third-order valence-electron chi connectivity index (χ3n) is 2.36. The molecule has 0 aromatic carbocycles. The molecule has 0 aliphatic carbocycles. The first-order valence-corrected chi connectivity index (χ1v) is 5.32. The van der Waals surface area contributed by atoms with Gasteiger partial charge < -0.3 is 15.7 Å². The molecular weight excluding hydrogens is 228 g/mol. The first-order chi connectivity index (χ1) is 7.89. The largest absolute Gasteiger partial charge is 0.396 e. The van der Waals surface area contributed by atoms with Gasteiger partial charge in [0.2, 0.25) is 0 Å². The first-order valence-electron chi connectivity index (χ1n) is 5.32. The number of rotatable bonds is 5. The number of anilines is 2. The highest BCUT2D eigenvalue weighted by Crippen LogP contribution is 2.22. The number of hydrogen-bond donors (Lipinski definition) is 3. The van der Waals surface area contributed by atoms with Crippen LogP contribution in [0.1, 0.15) is 20.3 Å². The normalized spacial score (nSPS) is 11.4. The van der Waals surface area contributed by atoms with Crippen molar-refractivity contribution in [2.24, 2.45) is 0 Å². The zero-order valence-electron chi connectivity index (χ0n) is 10.1. The maximum atomic E-state index is 13.5. The standard InChI is InChI=1S/C11H17F2N3O/c1-11(2,4-5-17)16-10-8(13)6-7(12)9(14-3)15-10/h6,17H,4-5H2,1-3H3,(H2,14,15,16). The lowest BCUT2D eigenvalue weighted by Crippen LogP contribution is -2.33. The zero-order valence-corrected chi connectivity index (χ0v) is 10.1. The number of aliphatic hydroxyl groups is 1. The fourth-order valence-corrected chi connectivity index (χ4v) is 1.39. The van der Waals surface area contributed by atoms with E-state index in [2.05, 4.69) is 15.6 Å². The van der Waals surface area contributed by atoms with Crippen LogP contribution < -0.4 is 10.6 Å². The molecule has 0 saturated carbocycles. The summed E-state index contributed by atoms with van der Waals surface area (Å²) in [6.45, 7) is 3.57. The number of halogens is 2. The van der Waals surface area contributed by atoms with Crippen LogP contribution in [-0.4, -0.2) is 29.3 Å². The van der Waals surface area contributed by atoms with E-state index in [1.165, 1.54) is 7.05 Å². The maximum absolute atomic E-state index is 13.5. The van der Waals surface area contributed by atoms with Crippen molar-refractivity contribution < 1.29 is 13.9 Å². The molecule has 0 aliphatic heterocycles. The Kier molecular flexibility index (Phi) is 4.22. The third kappa shape index (κ3) is 3.52. The highest BCUT2D eigenvalue weighted by molar-refractivity contribution is 5.48. The number of aromatic nitrogens is 1. The van der Waals surface area contributed by atoms with Gasteiger partial charge in [-0.2, -0.15) is 0 Å². The van der Waals surface area contributed by atoms with Gasteiger partial charge in [0.1, 0.15) is 0 Å². The molecule has 0 unspecified atom stereocenters. The summed E-state index contributed by atoms with van der Waals surface area (Å²) in [6, 6.07) is 0.774. The maximum Gasteiger partial charge on any atom is 0.168 e. The smallest absolute Gasteiger partial charge is 0.168 e. The van der Waals surface area contributed by atoms with Crippen LogP contribution in [0.2, 0.25) is 0 Å². The molecule has 0 bridgehead atoms. The van der Waals surface area contributed by atoms with E-state index in [1.807, 2.05) is 0 Å². The molecule has 1 aromatic rings. The van der Waals surface area contributed by atoms with E-state index >= 15 is 0 Å². The van der Waals surface area contributed by atoms with Crippen LogP contribution in [0.4, 0.5) is 20.4 Å². The van der Waals surface area contributed by atoms with Gasteiger partial charge in [-0.25, -0.2) is 13.8 Å². The average Bonchev–Trinajstić information content (AvgIpc) is 2.21. The van der Waals surface area contributed by atoms with E-state index in [4.69, 9.17) is 5.11 Å². The van der Waals surface area contributed by atoms with Crippen LogP contribution in [0.25, 0.3) is 0 Å². The van der Waals surface area contributed by atoms with E-state index in [9.17, 15) is 8.78 Å². The molecule has 17 heavy (non-hydrogen) atoms. The van der Waals surface area contributed by atoms with E-state index < -0.39 is 17.2 Å². The summed E-state index contributed by atoms with van der Waals surface area (Å²) in [6.07, 6.45) is 0.431. The minimum absolute atomic E-state index is 0.0197. The van der Waals surface area contributed by atoms with Gasteiger partial charge in [-0.15, -0.1) is 0 Å². The molecule has 6 heteroatoms. The molecule has 0 amide bonds. The first kappa shape index (κ1) is 13.6. The van der Waals surface area contributed by atoms with Crippen molar-refractivity contribution in [3.63, 3.8) is 0 Å². The van der Waals surface area contributed by atoms with Crippen molar-refractivity contribution in [2.45, 2.75) is 25.8 Å². The molecule has 0 atom stereocenters. The van der Waals surface area contributed by atoms with Crippen LogP contribution in [0, 0.1) is 11.6 Å². The second-order valence-electron chi connectivity index (χ2n) is 4.38. The molecule has 1 aromatic heterocycles. The molecule has 0 saturated heterocycles. The predicted molar refractivity (Wildman–Crippen MR) is 63.1 cm³/mol. The van der Waals surface area contributed by atoms with Gasteiger partial charge >= 0.3 is 0 Å². The van der Waals surface area contributed by atoms with Crippen LogP contribution in [0.5, 0.6) is 0 Å². The van der Waals surface area contributed by atoms with Crippen LogP contribution in [-0.2, 0) is 0 Å². The molecule has 0 aliphatic rings. The molecule has 3 N–H and O–H groups in total. The number of pyridine rings is 1. The second kappa shape index (κ2) is 5.27. The second-order valence-corrected chi connectivity index (χ2v) is 4.38. The summed E-state index contributed by atoms with van der Waals surface area (Å²) < 4.78 is 26.7. The monoisotopic (exact) mass is 245 g/mol. The summed E-state index contributed by atoms with van der Waals surface area (Å²) >= 11 is 0. The fraction of sp³-hybridized carbons (Fsp3) is 0.545. The van der Waals surface area contributed by atoms with Crippen molar-refractivity contribution in [2.75, 3.05) is 24.3 Å². The number of aliphatic hydroxyl groups excluding tert-OH is 1. The zero-order chi connectivity index (χ0) is 13.1. The van der Waals surface area contributed by atoms with E-state index in [0.717, 1.165) is 6.07 Å². The Hall–Kier alpha value is -1.43. The molecule has 4 nitrogen and oxygen atoms in total. The minimum atomic E-state index is -0.757. The summed E-state index contributed by atoms with van der Waals surface area (Å²) in [5, 5.41) is 14.2. The lowest BCUT2D eigenvalue weighted by atomic mass is 10.0. The van der Waals surface area contributed by atoms with Gasteiger partial charge in [-0.3, -0.25) is 0 Å². The van der Waals surface area contributed by atoms with Crippen molar-refractivity contribution in [3.05, 3.63) is 17.7 Å².